The molecule has 0 bridgehead atoms. The van der Waals surface area contributed by atoms with Gasteiger partial charge in [-0.2, -0.15) is 0 Å². The van der Waals surface area contributed by atoms with Crippen molar-refractivity contribution in [2.24, 2.45) is 0 Å². The molecule has 1 aromatic heterocycles. The zero-order chi connectivity index (χ0) is 22.7. The van der Waals surface area contributed by atoms with Crippen molar-refractivity contribution < 1.29 is 29.2 Å². The summed E-state index contributed by atoms with van der Waals surface area (Å²) in [7, 11) is 0. The molecule has 3 heterocycles. The first-order valence-electron chi connectivity index (χ1n) is 10.5. The second-order valence-electron chi connectivity index (χ2n) is 9.78. The molecule has 0 spiro atoms. The molecule has 0 fully saturated rings. The minimum atomic E-state index is -0.707. The molecular formula is C25H22O7. The maximum atomic E-state index is 13.6. The van der Waals surface area contributed by atoms with Crippen LogP contribution in [0.2, 0.25) is 0 Å². The molecule has 1 unspecified atom stereocenters. The first-order chi connectivity index (χ1) is 15.0. The van der Waals surface area contributed by atoms with E-state index in [4.69, 9.17) is 13.9 Å². The smallest absolute Gasteiger partial charge is 0.200 e. The lowest BCUT2D eigenvalue weighted by Crippen LogP contribution is -2.34. The molecule has 1 aliphatic carbocycles. The van der Waals surface area contributed by atoms with Crippen LogP contribution >= 0.6 is 0 Å². The van der Waals surface area contributed by atoms with Crippen molar-refractivity contribution in [3.63, 3.8) is 0 Å². The molecule has 7 nitrogen and oxygen atoms in total. The molecule has 0 saturated carbocycles. The Morgan fingerprint density at radius 1 is 1.03 bits per heavy atom. The average molecular weight is 434 g/mol. The minimum absolute atomic E-state index is 0.0779. The molecule has 0 radical (unpaired) electrons. The Kier molecular flexibility index (Phi) is 3.34. The fraction of sp³-hybridized carbons (Fsp3) is 0.320. The highest BCUT2D eigenvalue weighted by Crippen LogP contribution is 2.59. The number of phenols is 3. The Morgan fingerprint density at radius 2 is 1.78 bits per heavy atom. The van der Waals surface area contributed by atoms with Gasteiger partial charge in [-0.05, 0) is 46.3 Å². The quantitative estimate of drug-likeness (QED) is 0.475. The van der Waals surface area contributed by atoms with Gasteiger partial charge in [0.05, 0.1) is 11.1 Å². The maximum absolute atomic E-state index is 13.6. The van der Waals surface area contributed by atoms with Crippen LogP contribution in [-0.4, -0.2) is 26.5 Å². The van der Waals surface area contributed by atoms with Gasteiger partial charge in [-0.15, -0.1) is 0 Å². The summed E-state index contributed by atoms with van der Waals surface area (Å²) < 4.78 is 18.1. The highest BCUT2D eigenvalue weighted by atomic mass is 16.5. The number of rotatable bonds is 0. The maximum Gasteiger partial charge on any atom is 0.200 e. The Labute approximate surface area is 183 Å². The van der Waals surface area contributed by atoms with E-state index in [1.54, 1.807) is 12.1 Å². The van der Waals surface area contributed by atoms with Crippen LogP contribution < -0.4 is 14.9 Å². The number of hydrogen-bond donors (Lipinski definition) is 3. The lowest BCUT2D eigenvalue weighted by atomic mass is 9.75. The van der Waals surface area contributed by atoms with Gasteiger partial charge in [-0.1, -0.05) is 0 Å². The highest BCUT2D eigenvalue weighted by molar-refractivity contribution is 5.94. The molecule has 164 valence electrons. The number of benzene rings is 2. The van der Waals surface area contributed by atoms with E-state index in [1.807, 2.05) is 33.8 Å². The van der Waals surface area contributed by atoms with Gasteiger partial charge in [0.25, 0.3) is 0 Å². The summed E-state index contributed by atoms with van der Waals surface area (Å²) >= 11 is 0. The van der Waals surface area contributed by atoms with Gasteiger partial charge in [-0.3, -0.25) is 4.79 Å². The van der Waals surface area contributed by atoms with Crippen molar-refractivity contribution in [1.29, 1.82) is 0 Å². The number of ether oxygens (including phenoxy) is 2. The van der Waals surface area contributed by atoms with Crippen molar-refractivity contribution in [3.8, 4) is 40.1 Å². The van der Waals surface area contributed by atoms with Crippen LogP contribution in [0.5, 0.6) is 28.7 Å². The predicted octanol–water partition coefficient (Wildman–Crippen LogP) is 4.57. The van der Waals surface area contributed by atoms with E-state index < -0.39 is 11.2 Å². The van der Waals surface area contributed by atoms with Gasteiger partial charge in [0, 0.05) is 29.2 Å². The van der Waals surface area contributed by atoms with Crippen molar-refractivity contribution in [1.82, 2.24) is 0 Å². The van der Waals surface area contributed by atoms with Crippen molar-refractivity contribution >= 4 is 17.0 Å². The largest absolute Gasteiger partial charge is 0.507 e. The van der Waals surface area contributed by atoms with Crippen LogP contribution in [0.3, 0.4) is 0 Å². The molecule has 2 aromatic carbocycles. The Hall–Kier alpha value is -3.61. The summed E-state index contributed by atoms with van der Waals surface area (Å²) in [5, 5.41) is 32.2. The number of aromatic hydroxyl groups is 3. The first kappa shape index (κ1) is 19.1. The van der Waals surface area contributed by atoms with Gasteiger partial charge in [0.2, 0.25) is 0 Å². The molecule has 6 rings (SSSR count). The van der Waals surface area contributed by atoms with Crippen LogP contribution in [0.1, 0.15) is 50.3 Å². The van der Waals surface area contributed by atoms with Gasteiger partial charge >= 0.3 is 0 Å². The lowest BCUT2D eigenvalue weighted by Gasteiger charge is -2.30. The summed E-state index contributed by atoms with van der Waals surface area (Å²) in [6, 6.07) is 2.80. The SMILES string of the molecule is CC1(C)C=Cc2c(cc3oc4c(c(=O)c3c2O)CC2c3c(c(O)cc(O)c3-4)OC2(C)C)O1. The monoisotopic (exact) mass is 434 g/mol. The second-order valence-corrected chi connectivity index (χ2v) is 9.78. The molecule has 32 heavy (non-hydrogen) atoms. The molecule has 1 atom stereocenters. The van der Waals surface area contributed by atoms with Gasteiger partial charge in [0.1, 0.15) is 45.2 Å². The molecule has 3 aliphatic rings. The number of fused-ring (bicyclic) bond motifs is 4. The van der Waals surface area contributed by atoms with E-state index in [9.17, 15) is 20.1 Å². The van der Waals surface area contributed by atoms with E-state index in [1.165, 1.54) is 6.07 Å². The van der Waals surface area contributed by atoms with Crippen LogP contribution in [0.4, 0.5) is 0 Å². The molecule has 3 N–H and O–H groups in total. The van der Waals surface area contributed by atoms with E-state index in [0.29, 0.717) is 40.2 Å². The zero-order valence-electron chi connectivity index (χ0n) is 18.1. The standard InChI is InChI=1S/C25H22O7/c1-24(2)6-5-10-15(31-24)9-16-19(20(10)28)21(29)11-7-12-17-18(22(11)30-16)13(26)8-14(27)23(17)32-25(12,3)4/h5-6,8-9,12,26-28H,7H2,1-4H3. The van der Waals surface area contributed by atoms with Crippen LogP contribution in [0.15, 0.2) is 27.4 Å². The molecule has 3 aromatic rings. The fourth-order valence-corrected chi connectivity index (χ4v) is 5.17. The first-order valence-corrected chi connectivity index (χ1v) is 10.5. The molecule has 0 amide bonds. The van der Waals surface area contributed by atoms with Crippen molar-refractivity contribution in [2.45, 2.75) is 51.2 Å². The van der Waals surface area contributed by atoms with Crippen LogP contribution in [-0.2, 0) is 6.42 Å². The summed E-state index contributed by atoms with van der Waals surface area (Å²) in [5.41, 5.74) is 0.278. The minimum Gasteiger partial charge on any atom is -0.507 e. The zero-order valence-corrected chi connectivity index (χ0v) is 18.1. The summed E-state index contributed by atoms with van der Waals surface area (Å²) in [5.74, 6) is 0.106. The number of hydrogen-bond acceptors (Lipinski definition) is 7. The summed E-state index contributed by atoms with van der Waals surface area (Å²) in [6.45, 7) is 7.53. The third-order valence-electron chi connectivity index (χ3n) is 6.74. The highest BCUT2D eigenvalue weighted by Gasteiger charge is 2.49. The Morgan fingerprint density at radius 3 is 2.53 bits per heavy atom. The van der Waals surface area contributed by atoms with E-state index in [2.05, 4.69) is 0 Å². The van der Waals surface area contributed by atoms with Crippen molar-refractivity contribution in [3.05, 3.63) is 45.1 Å². The second kappa shape index (κ2) is 5.59. The summed E-state index contributed by atoms with van der Waals surface area (Å²) in [4.78, 5) is 13.6. The predicted molar refractivity (Wildman–Crippen MR) is 118 cm³/mol. The number of phenolic OH excluding ortho intramolecular Hbond substituents is 3. The average Bonchev–Trinajstić information content (AvgIpc) is 2.96. The normalized spacial score (nSPS) is 20.8. The molecular weight excluding hydrogens is 412 g/mol. The van der Waals surface area contributed by atoms with E-state index in [-0.39, 0.29) is 45.3 Å². The third kappa shape index (κ3) is 2.28. The van der Waals surface area contributed by atoms with Gasteiger partial charge in [0.15, 0.2) is 16.9 Å². The Bertz CT molecular complexity index is 1460. The molecule has 2 aliphatic heterocycles. The van der Waals surface area contributed by atoms with Crippen LogP contribution in [0.25, 0.3) is 28.4 Å². The molecule has 7 heteroatoms. The summed E-state index contributed by atoms with van der Waals surface area (Å²) in [6.07, 6.45) is 3.86. The van der Waals surface area contributed by atoms with E-state index in [0.717, 1.165) is 0 Å². The fourth-order valence-electron chi connectivity index (χ4n) is 5.17. The van der Waals surface area contributed by atoms with E-state index >= 15 is 0 Å². The van der Waals surface area contributed by atoms with Crippen LogP contribution in [0, 0.1) is 0 Å². The van der Waals surface area contributed by atoms with Gasteiger partial charge in [-0.25, -0.2) is 0 Å². The third-order valence-corrected chi connectivity index (χ3v) is 6.74. The topological polar surface area (TPSA) is 109 Å². The Balaban J connectivity index is 1.70. The lowest BCUT2D eigenvalue weighted by molar-refractivity contribution is 0.106. The van der Waals surface area contributed by atoms with Gasteiger partial charge < -0.3 is 29.2 Å². The molecule has 0 saturated heterocycles. The van der Waals surface area contributed by atoms with Crippen molar-refractivity contribution in [2.75, 3.05) is 0 Å².